The van der Waals surface area contributed by atoms with E-state index in [1.165, 1.54) is 18.6 Å². The van der Waals surface area contributed by atoms with E-state index in [0.29, 0.717) is 17.8 Å². The summed E-state index contributed by atoms with van der Waals surface area (Å²) >= 11 is 1.99. The maximum absolute atomic E-state index is 11.3. The summed E-state index contributed by atoms with van der Waals surface area (Å²) in [6.07, 6.45) is 2.54. The Morgan fingerprint density at radius 2 is 2.22 bits per heavy atom. The molecular formula is C11H23N3O2S2. The van der Waals surface area contributed by atoms with Gasteiger partial charge in [0.2, 0.25) is 0 Å². The van der Waals surface area contributed by atoms with Gasteiger partial charge in [-0.2, -0.15) is 11.8 Å². The zero-order valence-electron chi connectivity index (χ0n) is 11.1. The lowest BCUT2D eigenvalue weighted by atomic mass is 10.2. The summed E-state index contributed by atoms with van der Waals surface area (Å²) in [5.41, 5.74) is 0. The molecule has 7 heteroatoms. The fourth-order valence-corrected chi connectivity index (χ4v) is 3.61. The quantitative estimate of drug-likeness (QED) is 0.551. The number of nitrogens with zero attached hydrogens (tertiary/aromatic N) is 1. The normalized spacial score (nSPS) is 21.0. The third-order valence-corrected chi connectivity index (χ3v) is 5.99. The van der Waals surface area contributed by atoms with Gasteiger partial charge in [-0.3, -0.25) is 4.99 Å². The molecule has 1 heterocycles. The number of aliphatic imine (C=N–C) groups is 1. The maximum Gasteiger partial charge on any atom is 0.191 e. The van der Waals surface area contributed by atoms with Crippen molar-refractivity contribution < 1.29 is 8.42 Å². The minimum Gasteiger partial charge on any atom is -0.355 e. The molecule has 0 radical (unpaired) electrons. The van der Waals surface area contributed by atoms with E-state index < -0.39 is 9.84 Å². The van der Waals surface area contributed by atoms with Crippen LogP contribution in [0.3, 0.4) is 0 Å². The number of rotatable bonds is 6. The standard InChI is InChI=1S/C11H23N3O2S2/c1-3-18(15,16)8-6-13-11(12-2)14-9-10-5-4-7-17-10/h10H,3-9H2,1-2H3,(H2,12,13,14). The van der Waals surface area contributed by atoms with Crippen molar-refractivity contribution in [2.75, 3.05) is 37.4 Å². The molecule has 1 rings (SSSR count). The highest BCUT2D eigenvalue weighted by molar-refractivity contribution is 8.00. The SMILES string of the molecule is CCS(=O)(=O)CCNC(=NC)NCC1CCCS1. The minimum absolute atomic E-state index is 0.155. The first-order chi connectivity index (χ1) is 8.57. The zero-order valence-corrected chi connectivity index (χ0v) is 12.7. The zero-order chi connectivity index (χ0) is 13.4. The van der Waals surface area contributed by atoms with Gasteiger partial charge in [0.05, 0.1) is 5.75 Å². The molecule has 0 aliphatic carbocycles. The Kier molecular flexibility index (Phi) is 6.85. The van der Waals surface area contributed by atoms with Gasteiger partial charge in [-0.15, -0.1) is 0 Å². The number of sulfone groups is 1. The van der Waals surface area contributed by atoms with E-state index in [9.17, 15) is 8.42 Å². The Labute approximate surface area is 114 Å². The molecule has 1 unspecified atom stereocenters. The van der Waals surface area contributed by atoms with Crippen molar-refractivity contribution >= 4 is 27.6 Å². The molecule has 0 aromatic rings. The summed E-state index contributed by atoms with van der Waals surface area (Å²) in [4.78, 5) is 4.08. The van der Waals surface area contributed by atoms with Gasteiger partial charge >= 0.3 is 0 Å². The van der Waals surface area contributed by atoms with Crippen LogP contribution in [0.25, 0.3) is 0 Å². The number of guanidine groups is 1. The number of hydrogen-bond acceptors (Lipinski definition) is 4. The minimum atomic E-state index is -2.90. The van der Waals surface area contributed by atoms with Gasteiger partial charge in [-0.25, -0.2) is 8.42 Å². The van der Waals surface area contributed by atoms with Gasteiger partial charge in [-0.1, -0.05) is 6.92 Å². The molecule has 0 aromatic carbocycles. The smallest absolute Gasteiger partial charge is 0.191 e. The third kappa shape index (κ3) is 5.95. The second kappa shape index (κ2) is 7.89. The molecule has 106 valence electrons. The van der Waals surface area contributed by atoms with Crippen molar-refractivity contribution in [3.05, 3.63) is 0 Å². The van der Waals surface area contributed by atoms with Crippen molar-refractivity contribution in [1.82, 2.24) is 10.6 Å². The topological polar surface area (TPSA) is 70.6 Å². The van der Waals surface area contributed by atoms with E-state index in [4.69, 9.17) is 0 Å². The highest BCUT2D eigenvalue weighted by Gasteiger charge is 2.15. The van der Waals surface area contributed by atoms with Crippen molar-refractivity contribution in [3.8, 4) is 0 Å². The number of hydrogen-bond donors (Lipinski definition) is 2. The molecule has 0 bridgehead atoms. The molecule has 5 nitrogen and oxygen atoms in total. The number of nitrogens with one attached hydrogen (secondary N) is 2. The first-order valence-corrected chi connectivity index (χ1v) is 9.21. The van der Waals surface area contributed by atoms with Crippen LogP contribution in [-0.2, 0) is 9.84 Å². The van der Waals surface area contributed by atoms with E-state index in [-0.39, 0.29) is 11.5 Å². The lowest BCUT2D eigenvalue weighted by molar-refractivity contribution is 0.595. The summed E-state index contributed by atoms with van der Waals surface area (Å²) in [6, 6.07) is 0. The molecule has 1 aliphatic heterocycles. The van der Waals surface area contributed by atoms with Gasteiger partial charge in [-0.05, 0) is 18.6 Å². The molecule has 0 amide bonds. The van der Waals surface area contributed by atoms with E-state index in [1.807, 2.05) is 11.8 Å². The average Bonchev–Trinajstić information content (AvgIpc) is 2.86. The Morgan fingerprint density at radius 1 is 1.44 bits per heavy atom. The second-order valence-electron chi connectivity index (χ2n) is 4.25. The van der Waals surface area contributed by atoms with Crippen molar-refractivity contribution in [3.63, 3.8) is 0 Å². The van der Waals surface area contributed by atoms with Crippen molar-refractivity contribution in [1.29, 1.82) is 0 Å². The van der Waals surface area contributed by atoms with Crippen LogP contribution < -0.4 is 10.6 Å². The van der Waals surface area contributed by atoms with Gasteiger partial charge in [0.15, 0.2) is 15.8 Å². The van der Waals surface area contributed by atoms with Crippen LogP contribution >= 0.6 is 11.8 Å². The molecule has 0 spiro atoms. The highest BCUT2D eigenvalue weighted by atomic mass is 32.2. The summed E-state index contributed by atoms with van der Waals surface area (Å²) < 4.78 is 22.7. The van der Waals surface area contributed by atoms with Gasteiger partial charge in [0, 0.05) is 31.1 Å². The fourth-order valence-electron chi connectivity index (χ4n) is 1.71. The monoisotopic (exact) mass is 293 g/mol. The molecule has 1 fully saturated rings. The van der Waals surface area contributed by atoms with Gasteiger partial charge < -0.3 is 10.6 Å². The largest absolute Gasteiger partial charge is 0.355 e. The van der Waals surface area contributed by atoms with Crippen LogP contribution in [0.5, 0.6) is 0 Å². The Hall–Kier alpha value is -0.430. The average molecular weight is 293 g/mol. The Morgan fingerprint density at radius 3 is 2.78 bits per heavy atom. The van der Waals surface area contributed by atoms with Crippen LogP contribution in [0, 0.1) is 0 Å². The fraction of sp³-hybridized carbons (Fsp3) is 0.909. The summed E-state index contributed by atoms with van der Waals surface area (Å²) in [5.74, 6) is 2.28. The molecule has 2 N–H and O–H groups in total. The summed E-state index contributed by atoms with van der Waals surface area (Å²) in [6.45, 7) is 2.97. The predicted octanol–water partition coefficient (Wildman–Crippen LogP) is 0.482. The second-order valence-corrected chi connectivity index (χ2v) is 8.13. The van der Waals surface area contributed by atoms with Crippen LogP contribution in [-0.4, -0.2) is 57.0 Å². The van der Waals surface area contributed by atoms with Crippen molar-refractivity contribution in [2.24, 2.45) is 4.99 Å². The Bertz CT molecular complexity index is 362. The van der Waals surface area contributed by atoms with Gasteiger partial charge in [0.1, 0.15) is 0 Å². The predicted molar refractivity (Wildman–Crippen MR) is 79.2 cm³/mol. The molecule has 0 saturated carbocycles. The maximum atomic E-state index is 11.3. The van der Waals surface area contributed by atoms with Crippen LogP contribution in [0.4, 0.5) is 0 Å². The molecule has 1 aliphatic rings. The van der Waals surface area contributed by atoms with E-state index in [0.717, 1.165) is 6.54 Å². The van der Waals surface area contributed by atoms with E-state index >= 15 is 0 Å². The van der Waals surface area contributed by atoms with Crippen molar-refractivity contribution in [2.45, 2.75) is 25.0 Å². The Balaban J connectivity index is 2.21. The van der Waals surface area contributed by atoms with E-state index in [2.05, 4.69) is 15.6 Å². The lowest BCUT2D eigenvalue weighted by Gasteiger charge is -2.14. The summed E-state index contributed by atoms with van der Waals surface area (Å²) in [7, 11) is -1.20. The molecule has 1 atom stereocenters. The van der Waals surface area contributed by atoms with E-state index in [1.54, 1.807) is 14.0 Å². The highest BCUT2D eigenvalue weighted by Crippen LogP contribution is 2.25. The molecule has 0 aromatic heterocycles. The first-order valence-electron chi connectivity index (χ1n) is 6.34. The van der Waals surface area contributed by atoms with Crippen LogP contribution in [0.15, 0.2) is 4.99 Å². The molecule has 1 saturated heterocycles. The third-order valence-electron chi connectivity index (χ3n) is 2.89. The number of thioether (sulfide) groups is 1. The molecule has 18 heavy (non-hydrogen) atoms. The van der Waals surface area contributed by atoms with Gasteiger partial charge in [0.25, 0.3) is 0 Å². The van der Waals surface area contributed by atoms with Crippen LogP contribution in [0.2, 0.25) is 0 Å². The first kappa shape index (κ1) is 15.6. The molecular weight excluding hydrogens is 270 g/mol. The lowest BCUT2D eigenvalue weighted by Crippen LogP contribution is -2.42. The summed E-state index contributed by atoms with van der Waals surface area (Å²) in [5, 5.41) is 6.93. The van der Waals surface area contributed by atoms with Crippen LogP contribution in [0.1, 0.15) is 19.8 Å².